The Morgan fingerprint density at radius 2 is 1.73 bits per heavy atom. The van der Waals surface area contributed by atoms with E-state index in [2.05, 4.69) is 5.32 Å². The van der Waals surface area contributed by atoms with E-state index < -0.39 is 23.8 Å². The highest BCUT2D eigenvalue weighted by atomic mass is 16.2. The smallest absolute Gasteiger partial charge is 0.245 e. The van der Waals surface area contributed by atoms with Gasteiger partial charge in [0.25, 0.3) is 0 Å². The van der Waals surface area contributed by atoms with Crippen molar-refractivity contribution in [1.29, 1.82) is 0 Å². The Balaban J connectivity index is 2.07. The summed E-state index contributed by atoms with van der Waals surface area (Å²) in [5.41, 5.74) is 5.65. The first-order chi connectivity index (χ1) is 14.3. The van der Waals surface area contributed by atoms with E-state index in [1.807, 2.05) is 25.7 Å². The molecule has 172 valence electrons. The number of nitrogens with one attached hydrogen (secondary N) is 1. The lowest BCUT2D eigenvalue weighted by atomic mass is 9.81. The van der Waals surface area contributed by atoms with Crippen LogP contribution in [0.3, 0.4) is 0 Å². The van der Waals surface area contributed by atoms with Crippen LogP contribution in [0.5, 0.6) is 0 Å². The summed E-state index contributed by atoms with van der Waals surface area (Å²) in [7, 11) is 0. The standard InChI is InChI=1S/C24H43N3O3/c1-4-10-19(22(25)28)20(15-17(2)3)23(29)26-21-13-8-9-14-27(24(21)30)16-18-11-6-5-7-12-18/h17-21H,4-16H2,1-3H3,(H2,25,28)(H,26,29)/t19-,20+,21-/m0/s1. The summed E-state index contributed by atoms with van der Waals surface area (Å²) >= 11 is 0. The van der Waals surface area contributed by atoms with E-state index >= 15 is 0 Å². The van der Waals surface area contributed by atoms with Crippen molar-refractivity contribution in [3.8, 4) is 0 Å². The van der Waals surface area contributed by atoms with Crippen LogP contribution in [0.4, 0.5) is 0 Å². The van der Waals surface area contributed by atoms with E-state index in [0.29, 0.717) is 25.2 Å². The lowest BCUT2D eigenvalue weighted by Gasteiger charge is -2.32. The number of carbonyl (C=O) groups excluding carboxylic acids is 3. The fourth-order valence-corrected chi connectivity index (χ4v) is 5.20. The molecule has 1 saturated heterocycles. The maximum absolute atomic E-state index is 13.2. The van der Waals surface area contributed by atoms with Gasteiger partial charge in [-0.1, -0.05) is 46.5 Å². The van der Waals surface area contributed by atoms with Crippen LogP contribution in [0.25, 0.3) is 0 Å². The third-order valence-electron chi connectivity index (χ3n) is 6.81. The van der Waals surface area contributed by atoms with Gasteiger partial charge in [-0.3, -0.25) is 14.4 Å². The Hall–Kier alpha value is -1.59. The van der Waals surface area contributed by atoms with Gasteiger partial charge in [0.15, 0.2) is 0 Å². The van der Waals surface area contributed by atoms with E-state index in [1.54, 1.807) is 0 Å². The number of hydrogen-bond donors (Lipinski definition) is 2. The van der Waals surface area contributed by atoms with E-state index in [0.717, 1.165) is 32.4 Å². The minimum Gasteiger partial charge on any atom is -0.369 e. The number of nitrogens with zero attached hydrogens (tertiary/aromatic N) is 1. The fraction of sp³-hybridized carbons (Fsp3) is 0.875. The number of hydrogen-bond acceptors (Lipinski definition) is 3. The molecule has 0 aromatic heterocycles. The first-order valence-corrected chi connectivity index (χ1v) is 12.2. The van der Waals surface area contributed by atoms with Gasteiger partial charge in [0, 0.05) is 24.9 Å². The minimum absolute atomic E-state index is 0.0563. The van der Waals surface area contributed by atoms with Crippen molar-refractivity contribution < 1.29 is 14.4 Å². The van der Waals surface area contributed by atoms with Gasteiger partial charge in [-0.2, -0.15) is 0 Å². The molecule has 6 heteroatoms. The molecule has 0 spiro atoms. The molecule has 3 N–H and O–H groups in total. The number of carbonyl (C=O) groups is 3. The van der Waals surface area contributed by atoms with Crippen molar-refractivity contribution in [2.24, 2.45) is 29.4 Å². The molecule has 0 aromatic carbocycles. The average Bonchev–Trinajstić information content (AvgIpc) is 2.87. The van der Waals surface area contributed by atoms with Crippen LogP contribution in [-0.4, -0.2) is 41.8 Å². The first-order valence-electron chi connectivity index (χ1n) is 12.2. The largest absolute Gasteiger partial charge is 0.369 e. The highest BCUT2D eigenvalue weighted by Crippen LogP contribution is 2.27. The maximum Gasteiger partial charge on any atom is 0.245 e. The van der Waals surface area contributed by atoms with E-state index in [-0.39, 0.29) is 17.7 Å². The summed E-state index contributed by atoms with van der Waals surface area (Å²) in [4.78, 5) is 40.5. The molecule has 3 atom stereocenters. The maximum atomic E-state index is 13.2. The second kappa shape index (κ2) is 12.3. The molecule has 0 aromatic rings. The zero-order valence-corrected chi connectivity index (χ0v) is 19.3. The lowest BCUT2D eigenvalue weighted by molar-refractivity contribution is -0.139. The first kappa shape index (κ1) is 24.7. The Kier molecular flexibility index (Phi) is 10.1. The zero-order chi connectivity index (χ0) is 22.1. The molecular formula is C24H43N3O3. The molecule has 1 saturated carbocycles. The number of amides is 3. The van der Waals surface area contributed by atoms with Crippen LogP contribution in [0.1, 0.15) is 91.4 Å². The highest BCUT2D eigenvalue weighted by molar-refractivity contribution is 5.91. The SMILES string of the molecule is CCC[C@H](C(N)=O)[C@@H](CC(C)C)C(=O)N[C@H]1CCCCN(CC2CCCCC2)C1=O. The van der Waals surface area contributed by atoms with Gasteiger partial charge in [0.05, 0.1) is 0 Å². The van der Waals surface area contributed by atoms with E-state index in [9.17, 15) is 14.4 Å². The molecule has 1 heterocycles. The van der Waals surface area contributed by atoms with E-state index in [1.165, 1.54) is 32.1 Å². The van der Waals surface area contributed by atoms with Gasteiger partial charge in [-0.25, -0.2) is 0 Å². The normalized spacial score (nSPS) is 23.1. The van der Waals surface area contributed by atoms with Crippen LogP contribution in [0.15, 0.2) is 0 Å². The molecule has 3 amide bonds. The zero-order valence-electron chi connectivity index (χ0n) is 19.3. The molecule has 0 unspecified atom stereocenters. The molecule has 1 aliphatic heterocycles. The summed E-state index contributed by atoms with van der Waals surface area (Å²) in [5.74, 6) is -0.618. The average molecular weight is 422 g/mol. The second-order valence-corrected chi connectivity index (χ2v) is 9.88. The van der Waals surface area contributed by atoms with Crippen LogP contribution in [0, 0.1) is 23.7 Å². The van der Waals surface area contributed by atoms with Crippen molar-refractivity contribution >= 4 is 17.7 Å². The quantitative estimate of drug-likeness (QED) is 0.564. The van der Waals surface area contributed by atoms with Gasteiger partial charge >= 0.3 is 0 Å². The topological polar surface area (TPSA) is 92.5 Å². The molecule has 1 aliphatic carbocycles. The fourth-order valence-electron chi connectivity index (χ4n) is 5.20. The van der Waals surface area contributed by atoms with Crippen molar-refractivity contribution in [3.05, 3.63) is 0 Å². The van der Waals surface area contributed by atoms with Crippen LogP contribution in [0.2, 0.25) is 0 Å². The van der Waals surface area contributed by atoms with Crippen LogP contribution in [-0.2, 0) is 14.4 Å². The van der Waals surface area contributed by atoms with Crippen molar-refractivity contribution in [3.63, 3.8) is 0 Å². The Labute approximate surface area is 182 Å². The third kappa shape index (κ3) is 7.28. The molecule has 0 bridgehead atoms. The van der Waals surface area contributed by atoms with Crippen molar-refractivity contribution in [2.75, 3.05) is 13.1 Å². The number of rotatable bonds is 10. The summed E-state index contributed by atoms with van der Waals surface area (Å²) in [6.07, 6.45) is 10.8. The van der Waals surface area contributed by atoms with Gasteiger partial charge < -0.3 is 16.0 Å². The second-order valence-electron chi connectivity index (χ2n) is 9.88. The van der Waals surface area contributed by atoms with Gasteiger partial charge in [-0.05, 0) is 56.8 Å². The molecular weight excluding hydrogens is 378 g/mol. The van der Waals surface area contributed by atoms with Gasteiger partial charge in [0.1, 0.15) is 6.04 Å². The predicted octanol–water partition coefficient (Wildman–Crippen LogP) is 3.63. The van der Waals surface area contributed by atoms with Crippen LogP contribution < -0.4 is 11.1 Å². The summed E-state index contributed by atoms with van der Waals surface area (Å²) in [6.45, 7) is 7.70. The number of likely N-dealkylation sites (tertiary alicyclic amines) is 1. The third-order valence-corrected chi connectivity index (χ3v) is 6.81. The molecule has 2 rings (SSSR count). The summed E-state index contributed by atoms with van der Waals surface area (Å²) in [6, 6.07) is -0.478. The number of nitrogens with two attached hydrogens (primary N) is 1. The molecule has 6 nitrogen and oxygen atoms in total. The lowest BCUT2D eigenvalue weighted by Crippen LogP contribution is -2.51. The van der Waals surface area contributed by atoms with Crippen molar-refractivity contribution in [2.45, 2.75) is 97.4 Å². The molecule has 2 aliphatic rings. The summed E-state index contributed by atoms with van der Waals surface area (Å²) < 4.78 is 0. The van der Waals surface area contributed by atoms with E-state index in [4.69, 9.17) is 5.73 Å². The van der Waals surface area contributed by atoms with Crippen LogP contribution >= 0.6 is 0 Å². The molecule has 0 radical (unpaired) electrons. The van der Waals surface area contributed by atoms with Gasteiger partial charge in [0.2, 0.25) is 17.7 Å². The predicted molar refractivity (Wildman–Crippen MR) is 119 cm³/mol. The number of primary amides is 1. The molecule has 30 heavy (non-hydrogen) atoms. The minimum atomic E-state index is -0.478. The van der Waals surface area contributed by atoms with Gasteiger partial charge in [-0.15, -0.1) is 0 Å². The monoisotopic (exact) mass is 421 g/mol. The Morgan fingerprint density at radius 3 is 2.33 bits per heavy atom. The summed E-state index contributed by atoms with van der Waals surface area (Å²) in [5, 5.41) is 3.04. The highest BCUT2D eigenvalue weighted by Gasteiger charge is 2.36. The Morgan fingerprint density at radius 1 is 1.07 bits per heavy atom. The van der Waals surface area contributed by atoms with Crippen molar-refractivity contribution in [1.82, 2.24) is 10.2 Å². The molecule has 2 fully saturated rings. The Bertz CT molecular complexity index is 572.